The Morgan fingerprint density at radius 1 is 1.14 bits per heavy atom. The molecule has 2 aromatic carbocycles. The Bertz CT molecular complexity index is 1130. The minimum atomic E-state index is -0.699. The van der Waals surface area contributed by atoms with E-state index in [0.717, 1.165) is 0 Å². The summed E-state index contributed by atoms with van der Waals surface area (Å²) in [7, 11) is 0. The molecular formula is C22H18FN3O3. The van der Waals surface area contributed by atoms with Gasteiger partial charge in [0.1, 0.15) is 22.9 Å². The molecule has 0 radical (unpaired) electrons. The number of benzene rings is 2. The molecule has 1 fully saturated rings. The average molecular weight is 391 g/mol. The third-order valence-corrected chi connectivity index (χ3v) is 5.56. The third kappa shape index (κ3) is 2.99. The van der Waals surface area contributed by atoms with Crippen LogP contribution in [-0.4, -0.2) is 45.5 Å². The van der Waals surface area contributed by atoms with Crippen molar-refractivity contribution in [2.24, 2.45) is 0 Å². The fraction of sp³-hybridized carbons (Fsp3) is 0.227. The molecule has 2 aliphatic heterocycles. The Hall–Kier alpha value is -3.48. The van der Waals surface area contributed by atoms with E-state index < -0.39 is 11.4 Å². The van der Waals surface area contributed by atoms with E-state index in [4.69, 9.17) is 4.74 Å². The van der Waals surface area contributed by atoms with Gasteiger partial charge < -0.3 is 9.64 Å². The normalized spacial score (nSPS) is 20.6. The van der Waals surface area contributed by atoms with Crippen LogP contribution in [0.25, 0.3) is 11.3 Å². The van der Waals surface area contributed by atoms with Gasteiger partial charge in [0.15, 0.2) is 5.78 Å². The van der Waals surface area contributed by atoms with E-state index in [1.807, 2.05) is 12.1 Å². The van der Waals surface area contributed by atoms with Crippen LogP contribution in [0.2, 0.25) is 0 Å². The quantitative estimate of drug-likeness (QED) is 0.726. The summed E-state index contributed by atoms with van der Waals surface area (Å²) in [5, 5.41) is 6.80. The van der Waals surface area contributed by atoms with Crippen LogP contribution in [-0.2, 0) is 0 Å². The van der Waals surface area contributed by atoms with Crippen molar-refractivity contribution in [1.29, 1.82) is 0 Å². The monoisotopic (exact) mass is 391 g/mol. The van der Waals surface area contributed by atoms with E-state index in [1.54, 1.807) is 41.3 Å². The molecular weight excluding hydrogens is 373 g/mol. The van der Waals surface area contributed by atoms with Gasteiger partial charge in [-0.2, -0.15) is 5.10 Å². The molecule has 1 spiro atoms. The molecule has 2 aliphatic rings. The molecule has 0 unspecified atom stereocenters. The van der Waals surface area contributed by atoms with Crippen molar-refractivity contribution in [3.05, 3.63) is 71.7 Å². The van der Waals surface area contributed by atoms with E-state index in [0.29, 0.717) is 42.1 Å². The Labute approximate surface area is 166 Å². The number of para-hydroxylation sites is 1. The number of Topliss-reactive ketones (excluding diaryl/α,β-unsaturated/α-hetero) is 1. The van der Waals surface area contributed by atoms with Crippen molar-refractivity contribution in [2.75, 3.05) is 13.1 Å². The highest BCUT2D eigenvalue weighted by atomic mass is 19.1. The fourth-order valence-corrected chi connectivity index (χ4v) is 4.10. The van der Waals surface area contributed by atoms with Gasteiger partial charge >= 0.3 is 0 Å². The molecule has 6 nitrogen and oxygen atoms in total. The molecule has 7 heteroatoms. The van der Waals surface area contributed by atoms with Crippen LogP contribution in [0, 0.1) is 5.82 Å². The Kier molecular flexibility index (Phi) is 3.97. The molecule has 5 rings (SSSR count). The summed E-state index contributed by atoms with van der Waals surface area (Å²) in [6.07, 6.45) is 0.824. The first-order valence-electron chi connectivity index (χ1n) is 9.46. The lowest BCUT2D eigenvalue weighted by atomic mass is 9.89. The smallest absolute Gasteiger partial charge is 0.272 e. The van der Waals surface area contributed by atoms with Gasteiger partial charge in [0, 0.05) is 18.5 Å². The molecule has 1 aromatic heterocycles. The Morgan fingerprint density at radius 3 is 2.72 bits per heavy atom. The maximum absolute atomic E-state index is 14.0. The third-order valence-electron chi connectivity index (χ3n) is 5.56. The van der Waals surface area contributed by atoms with Gasteiger partial charge in [-0.05, 0) is 30.3 Å². The predicted molar refractivity (Wildman–Crippen MR) is 103 cm³/mol. The molecule has 0 aliphatic carbocycles. The number of carbonyl (C=O) groups is 2. The molecule has 29 heavy (non-hydrogen) atoms. The predicted octanol–water partition coefficient (Wildman–Crippen LogP) is 3.47. The zero-order chi connectivity index (χ0) is 20.0. The van der Waals surface area contributed by atoms with E-state index in [-0.39, 0.29) is 23.8 Å². The molecule has 1 saturated heterocycles. The number of nitrogens with zero attached hydrogens (tertiary/aromatic N) is 2. The second kappa shape index (κ2) is 6.55. The number of aromatic amines is 1. The SMILES string of the molecule is O=C1C[C@]2(CCN(C(=O)c3cc(-c4ccccc4F)n[nH]3)C2)Oc2ccccc21. The van der Waals surface area contributed by atoms with Crippen LogP contribution in [0.3, 0.4) is 0 Å². The van der Waals surface area contributed by atoms with E-state index >= 15 is 0 Å². The van der Waals surface area contributed by atoms with Crippen molar-refractivity contribution in [1.82, 2.24) is 15.1 Å². The van der Waals surface area contributed by atoms with E-state index in [1.165, 1.54) is 6.07 Å². The number of hydrogen-bond donors (Lipinski definition) is 1. The molecule has 3 heterocycles. The second-order valence-corrected chi connectivity index (χ2v) is 7.50. The number of H-pyrrole nitrogens is 1. The lowest BCUT2D eigenvalue weighted by Crippen LogP contribution is -2.45. The van der Waals surface area contributed by atoms with Crippen LogP contribution in [0.15, 0.2) is 54.6 Å². The van der Waals surface area contributed by atoms with Crippen LogP contribution in [0.1, 0.15) is 33.7 Å². The summed E-state index contributed by atoms with van der Waals surface area (Å²) in [6, 6.07) is 15.0. The molecule has 146 valence electrons. The van der Waals surface area contributed by atoms with Crippen molar-refractivity contribution < 1.29 is 18.7 Å². The van der Waals surface area contributed by atoms with Gasteiger partial charge in [-0.1, -0.05) is 24.3 Å². The van der Waals surface area contributed by atoms with Crippen LogP contribution < -0.4 is 4.74 Å². The van der Waals surface area contributed by atoms with Gasteiger partial charge in [0.25, 0.3) is 5.91 Å². The van der Waals surface area contributed by atoms with Crippen molar-refractivity contribution >= 4 is 11.7 Å². The van der Waals surface area contributed by atoms with Gasteiger partial charge in [-0.25, -0.2) is 4.39 Å². The number of ether oxygens (including phenoxy) is 1. The maximum Gasteiger partial charge on any atom is 0.272 e. The standard InChI is InChI=1S/C22H18FN3O3/c23-16-7-3-1-5-14(16)17-11-18(25-24-17)21(28)26-10-9-22(13-26)12-19(27)15-6-2-4-8-20(15)29-22/h1-8,11H,9-10,12-13H2,(H,24,25)/t22-/m0/s1. The van der Waals surface area contributed by atoms with Crippen molar-refractivity contribution in [2.45, 2.75) is 18.4 Å². The van der Waals surface area contributed by atoms with Crippen LogP contribution in [0.4, 0.5) is 4.39 Å². The lowest BCUT2D eigenvalue weighted by Gasteiger charge is -2.34. The van der Waals surface area contributed by atoms with Crippen LogP contribution in [0.5, 0.6) is 5.75 Å². The highest BCUT2D eigenvalue weighted by Gasteiger charge is 2.47. The first-order valence-corrected chi connectivity index (χ1v) is 9.46. The number of aromatic nitrogens is 2. The first kappa shape index (κ1) is 17.6. The van der Waals surface area contributed by atoms with Crippen molar-refractivity contribution in [3.8, 4) is 17.0 Å². The Balaban J connectivity index is 1.36. The summed E-state index contributed by atoms with van der Waals surface area (Å²) >= 11 is 0. The molecule has 1 amide bonds. The number of likely N-dealkylation sites (tertiary alicyclic amines) is 1. The topological polar surface area (TPSA) is 75.3 Å². The number of amides is 1. The molecule has 0 saturated carbocycles. The minimum Gasteiger partial charge on any atom is -0.484 e. The highest BCUT2D eigenvalue weighted by Crippen LogP contribution is 2.39. The number of nitrogens with one attached hydrogen (secondary N) is 1. The summed E-state index contributed by atoms with van der Waals surface area (Å²) in [4.78, 5) is 27.2. The highest BCUT2D eigenvalue weighted by molar-refractivity contribution is 6.00. The van der Waals surface area contributed by atoms with Gasteiger partial charge in [-0.15, -0.1) is 0 Å². The van der Waals surface area contributed by atoms with Crippen molar-refractivity contribution in [3.63, 3.8) is 0 Å². The van der Waals surface area contributed by atoms with Gasteiger partial charge in [0.2, 0.25) is 0 Å². The summed E-state index contributed by atoms with van der Waals surface area (Å²) in [6.45, 7) is 0.794. The zero-order valence-corrected chi connectivity index (χ0v) is 15.5. The minimum absolute atomic E-state index is 0.0320. The summed E-state index contributed by atoms with van der Waals surface area (Å²) in [5.74, 6) is -0.0382. The fourth-order valence-electron chi connectivity index (χ4n) is 4.10. The average Bonchev–Trinajstić information content (AvgIpc) is 3.36. The zero-order valence-electron chi connectivity index (χ0n) is 15.5. The number of hydrogen-bond acceptors (Lipinski definition) is 4. The molecule has 1 atom stereocenters. The van der Waals surface area contributed by atoms with Gasteiger partial charge in [-0.3, -0.25) is 14.7 Å². The molecule has 3 aromatic rings. The lowest BCUT2D eigenvalue weighted by molar-refractivity contribution is 0.0427. The number of ketones is 1. The second-order valence-electron chi connectivity index (χ2n) is 7.50. The van der Waals surface area contributed by atoms with Crippen LogP contribution >= 0.6 is 0 Å². The first-order chi connectivity index (χ1) is 14.0. The van der Waals surface area contributed by atoms with E-state index in [9.17, 15) is 14.0 Å². The Morgan fingerprint density at radius 2 is 1.90 bits per heavy atom. The number of fused-ring (bicyclic) bond motifs is 1. The van der Waals surface area contributed by atoms with Gasteiger partial charge in [0.05, 0.1) is 24.2 Å². The molecule has 1 N–H and O–H groups in total. The number of rotatable bonds is 2. The maximum atomic E-state index is 14.0. The summed E-state index contributed by atoms with van der Waals surface area (Å²) < 4.78 is 20.2. The molecule has 0 bridgehead atoms. The van der Waals surface area contributed by atoms with E-state index in [2.05, 4.69) is 10.2 Å². The largest absolute Gasteiger partial charge is 0.484 e. The number of carbonyl (C=O) groups excluding carboxylic acids is 2. The summed E-state index contributed by atoms with van der Waals surface area (Å²) in [5.41, 5.74) is 0.876. The number of halogens is 1.